The fourth-order valence-electron chi connectivity index (χ4n) is 3.08. The number of thioether (sulfide) groups is 1. The van der Waals surface area contributed by atoms with E-state index in [-0.39, 0.29) is 5.92 Å². The van der Waals surface area contributed by atoms with Gasteiger partial charge in [0.05, 0.1) is 0 Å². The van der Waals surface area contributed by atoms with Crippen molar-refractivity contribution in [1.82, 2.24) is 0 Å². The number of thiocarbonyl (C=S) groups is 1. The molecule has 1 atom stereocenters. The number of fused-ring (bicyclic) bond motifs is 3. The van der Waals surface area contributed by atoms with Crippen molar-refractivity contribution in [3.05, 3.63) is 59.2 Å². The molecule has 1 aliphatic carbocycles. The monoisotopic (exact) mass is 328 g/mol. The van der Waals surface area contributed by atoms with Gasteiger partial charge >= 0.3 is 0 Å². The van der Waals surface area contributed by atoms with Crippen molar-refractivity contribution in [2.24, 2.45) is 0 Å². The maximum atomic E-state index is 5.78. The van der Waals surface area contributed by atoms with E-state index in [1.165, 1.54) is 39.6 Å². The van der Waals surface area contributed by atoms with Crippen LogP contribution in [0.3, 0.4) is 0 Å². The van der Waals surface area contributed by atoms with Gasteiger partial charge in [-0.15, -0.1) is 0 Å². The highest BCUT2D eigenvalue weighted by molar-refractivity contribution is 8.22. The topological polar surface area (TPSA) is 9.23 Å². The van der Waals surface area contributed by atoms with Crippen molar-refractivity contribution in [3.63, 3.8) is 0 Å². The van der Waals surface area contributed by atoms with Gasteiger partial charge in [0, 0.05) is 5.92 Å². The predicted molar refractivity (Wildman–Crippen MR) is 99.9 cm³/mol. The van der Waals surface area contributed by atoms with Crippen LogP contribution in [-0.2, 0) is 4.74 Å². The van der Waals surface area contributed by atoms with Crippen molar-refractivity contribution in [1.29, 1.82) is 0 Å². The van der Waals surface area contributed by atoms with E-state index in [4.69, 9.17) is 17.0 Å². The Morgan fingerprint density at radius 3 is 2.59 bits per heavy atom. The molecule has 2 aromatic rings. The molecule has 0 aliphatic heterocycles. The number of ether oxygens (including phenoxy) is 1. The third-order valence-electron chi connectivity index (χ3n) is 4.28. The molecule has 0 bridgehead atoms. The molecular formula is C19H20OS2. The average molecular weight is 329 g/mol. The van der Waals surface area contributed by atoms with Crippen LogP contribution in [0.1, 0.15) is 42.4 Å². The maximum Gasteiger partial charge on any atom is 0.219 e. The Morgan fingerprint density at radius 1 is 1.14 bits per heavy atom. The Kier molecular flexibility index (Phi) is 4.55. The summed E-state index contributed by atoms with van der Waals surface area (Å²) in [6, 6.07) is 15.5. The fraction of sp³-hybridized carbons (Fsp3) is 0.316. The highest BCUT2D eigenvalue weighted by atomic mass is 32.2. The molecule has 0 aromatic heterocycles. The molecule has 3 rings (SSSR count). The van der Waals surface area contributed by atoms with Crippen molar-refractivity contribution in [2.75, 3.05) is 12.9 Å². The summed E-state index contributed by atoms with van der Waals surface area (Å²) in [6.45, 7) is 5.08. The van der Waals surface area contributed by atoms with Crippen LogP contribution in [0.5, 0.6) is 0 Å². The molecule has 0 spiro atoms. The quantitative estimate of drug-likeness (QED) is 0.680. The molecule has 114 valence electrons. The lowest BCUT2D eigenvalue weighted by atomic mass is 9.93. The van der Waals surface area contributed by atoms with Gasteiger partial charge in [-0.1, -0.05) is 68.1 Å². The molecule has 22 heavy (non-hydrogen) atoms. The van der Waals surface area contributed by atoms with E-state index in [2.05, 4.69) is 56.3 Å². The summed E-state index contributed by atoms with van der Waals surface area (Å²) in [5.74, 6) is 0.804. The van der Waals surface area contributed by atoms with E-state index < -0.39 is 0 Å². The molecule has 0 fully saturated rings. The van der Waals surface area contributed by atoms with Gasteiger partial charge in [-0.25, -0.2) is 0 Å². The Balaban J connectivity index is 2.02. The second-order valence-corrected chi connectivity index (χ2v) is 7.31. The zero-order valence-corrected chi connectivity index (χ0v) is 14.8. The van der Waals surface area contributed by atoms with Gasteiger partial charge in [-0.2, -0.15) is 0 Å². The Bertz CT molecular complexity index is 706. The largest absolute Gasteiger partial charge is 0.478 e. The Labute approximate surface area is 142 Å². The zero-order chi connectivity index (χ0) is 15.7. The van der Waals surface area contributed by atoms with Gasteiger partial charge in [0.25, 0.3) is 0 Å². The summed E-state index contributed by atoms with van der Waals surface area (Å²) in [6.07, 6.45) is 1.95. The number of hydrogen-bond donors (Lipinski definition) is 0. The summed E-state index contributed by atoms with van der Waals surface area (Å²) >= 11 is 6.68. The summed E-state index contributed by atoms with van der Waals surface area (Å²) in [4.78, 5) is 0. The van der Waals surface area contributed by atoms with E-state index >= 15 is 0 Å². The van der Waals surface area contributed by atoms with Crippen LogP contribution < -0.4 is 0 Å². The molecule has 1 aliphatic rings. The third-order valence-corrected chi connectivity index (χ3v) is 5.35. The first-order chi connectivity index (χ1) is 10.6. The van der Waals surface area contributed by atoms with Crippen LogP contribution in [0.2, 0.25) is 0 Å². The van der Waals surface area contributed by atoms with E-state index in [0.717, 1.165) is 0 Å². The number of rotatable bonds is 3. The SMILES string of the molecule is CSC(=S)OCC1c2ccccc2-c2ccc(C(C)C)cc21. The van der Waals surface area contributed by atoms with Crippen LogP contribution in [0.4, 0.5) is 0 Å². The summed E-state index contributed by atoms with van der Waals surface area (Å²) in [7, 11) is 0. The van der Waals surface area contributed by atoms with Gasteiger partial charge in [0.2, 0.25) is 4.38 Å². The zero-order valence-electron chi connectivity index (χ0n) is 13.1. The molecule has 0 amide bonds. The molecule has 1 nitrogen and oxygen atoms in total. The highest BCUT2D eigenvalue weighted by Crippen LogP contribution is 2.45. The van der Waals surface area contributed by atoms with Crippen LogP contribution in [0.25, 0.3) is 11.1 Å². The lowest BCUT2D eigenvalue weighted by Crippen LogP contribution is -2.09. The van der Waals surface area contributed by atoms with E-state index in [0.29, 0.717) is 16.9 Å². The van der Waals surface area contributed by atoms with Crippen molar-refractivity contribution >= 4 is 28.4 Å². The molecule has 0 heterocycles. The minimum Gasteiger partial charge on any atom is -0.478 e. The van der Waals surface area contributed by atoms with Crippen LogP contribution in [0, 0.1) is 0 Å². The summed E-state index contributed by atoms with van der Waals surface area (Å²) in [5, 5.41) is 0. The van der Waals surface area contributed by atoms with Crippen molar-refractivity contribution in [3.8, 4) is 11.1 Å². The lowest BCUT2D eigenvalue weighted by Gasteiger charge is -2.16. The van der Waals surface area contributed by atoms with E-state index in [9.17, 15) is 0 Å². The Morgan fingerprint density at radius 2 is 1.86 bits per heavy atom. The third kappa shape index (κ3) is 2.80. The maximum absolute atomic E-state index is 5.78. The second-order valence-electron chi connectivity index (χ2n) is 5.91. The lowest BCUT2D eigenvalue weighted by molar-refractivity contribution is 0.308. The fourth-order valence-corrected chi connectivity index (χ4v) is 3.33. The molecule has 0 radical (unpaired) electrons. The predicted octanol–water partition coefficient (Wildman–Crippen LogP) is 5.59. The summed E-state index contributed by atoms with van der Waals surface area (Å²) < 4.78 is 6.40. The second kappa shape index (κ2) is 6.43. The standard InChI is InChI=1S/C19H20OS2/c1-12(2)13-8-9-16-14-6-4-5-7-15(14)18(17(16)10-13)11-20-19(21)22-3/h4-10,12,18H,11H2,1-3H3. The minimum absolute atomic E-state index is 0.273. The molecule has 0 saturated heterocycles. The van der Waals surface area contributed by atoms with Gasteiger partial charge in [0.1, 0.15) is 6.61 Å². The van der Waals surface area contributed by atoms with E-state index in [1.807, 2.05) is 6.26 Å². The first kappa shape index (κ1) is 15.6. The van der Waals surface area contributed by atoms with Crippen molar-refractivity contribution < 1.29 is 4.74 Å². The number of hydrogen-bond acceptors (Lipinski definition) is 3. The van der Waals surface area contributed by atoms with Gasteiger partial charge in [-0.05, 0) is 52.2 Å². The number of benzene rings is 2. The first-order valence-electron chi connectivity index (χ1n) is 7.55. The highest BCUT2D eigenvalue weighted by Gasteiger charge is 2.29. The first-order valence-corrected chi connectivity index (χ1v) is 9.19. The van der Waals surface area contributed by atoms with Crippen LogP contribution in [-0.4, -0.2) is 17.2 Å². The average Bonchev–Trinajstić information content (AvgIpc) is 2.85. The molecule has 3 heteroatoms. The van der Waals surface area contributed by atoms with Crippen LogP contribution >= 0.6 is 24.0 Å². The van der Waals surface area contributed by atoms with Crippen LogP contribution in [0.15, 0.2) is 42.5 Å². The molecule has 1 unspecified atom stereocenters. The normalized spacial score (nSPS) is 15.5. The molecule has 2 aromatic carbocycles. The van der Waals surface area contributed by atoms with Gasteiger partial charge in [-0.3, -0.25) is 0 Å². The minimum atomic E-state index is 0.273. The molecule has 0 saturated carbocycles. The Hall–Kier alpha value is -1.32. The molecule has 0 N–H and O–H groups in total. The van der Waals surface area contributed by atoms with E-state index in [1.54, 1.807) is 0 Å². The summed E-state index contributed by atoms with van der Waals surface area (Å²) in [5.41, 5.74) is 6.77. The smallest absolute Gasteiger partial charge is 0.219 e. The molecular weight excluding hydrogens is 308 g/mol. The van der Waals surface area contributed by atoms with Crippen molar-refractivity contribution in [2.45, 2.75) is 25.7 Å². The van der Waals surface area contributed by atoms with Gasteiger partial charge in [0.15, 0.2) is 0 Å². The van der Waals surface area contributed by atoms with Gasteiger partial charge < -0.3 is 4.74 Å².